The van der Waals surface area contributed by atoms with Gasteiger partial charge < -0.3 is 4.74 Å². The van der Waals surface area contributed by atoms with Crippen molar-refractivity contribution in [1.29, 1.82) is 0 Å². The molecule has 4 heteroatoms. The Morgan fingerprint density at radius 1 is 1.00 bits per heavy atom. The molecule has 2 heterocycles. The first kappa shape index (κ1) is 18.1. The molecule has 3 aromatic rings. The molecule has 0 radical (unpaired) electrons. The van der Waals surface area contributed by atoms with Crippen LogP contribution < -0.4 is 4.74 Å². The number of Topliss-reactive ketones (excluding diaryl/α,β-unsaturated/α-hetero) is 2. The fourth-order valence-electron chi connectivity index (χ4n) is 3.50. The summed E-state index contributed by atoms with van der Waals surface area (Å²) >= 11 is 0. The SMILES string of the molecule is CCC(=O)c1cccc(CCC(=O)c2ccc3c(c2)OCc2cnccc2-3)c1. The van der Waals surface area contributed by atoms with E-state index in [-0.39, 0.29) is 11.6 Å². The smallest absolute Gasteiger partial charge is 0.163 e. The summed E-state index contributed by atoms with van der Waals surface area (Å²) in [4.78, 5) is 28.7. The number of pyridine rings is 1. The van der Waals surface area contributed by atoms with Crippen molar-refractivity contribution in [1.82, 2.24) is 4.98 Å². The number of benzene rings is 2. The minimum Gasteiger partial charge on any atom is -0.488 e. The van der Waals surface area contributed by atoms with E-state index in [1.165, 1.54) is 0 Å². The van der Waals surface area contributed by atoms with Crippen LogP contribution in [0.25, 0.3) is 11.1 Å². The first-order valence-corrected chi connectivity index (χ1v) is 9.51. The van der Waals surface area contributed by atoms with Gasteiger partial charge in [0, 0.05) is 47.5 Å². The topological polar surface area (TPSA) is 56.3 Å². The second kappa shape index (κ2) is 7.77. The summed E-state index contributed by atoms with van der Waals surface area (Å²) in [6.45, 7) is 2.32. The van der Waals surface area contributed by atoms with Gasteiger partial charge in [0.05, 0.1) is 0 Å². The predicted molar refractivity (Wildman–Crippen MR) is 108 cm³/mol. The quantitative estimate of drug-likeness (QED) is 0.569. The third kappa shape index (κ3) is 3.58. The molecule has 1 aliphatic rings. The maximum atomic E-state index is 12.7. The van der Waals surface area contributed by atoms with Crippen molar-refractivity contribution in [2.45, 2.75) is 32.8 Å². The van der Waals surface area contributed by atoms with Gasteiger partial charge >= 0.3 is 0 Å². The molecule has 0 saturated carbocycles. The molecular formula is C24H21NO3. The summed E-state index contributed by atoms with van der Waals surface area (Å²) in [7, 11) is 0. The zero-order valence-corrected chi connectivity index (χ0v) is 15.8. The molecule has 0 bridgehead atoms. The van der Waals surface area contributed by atoms with E-state index in [4.69, 9.17) is 4.74 Å². The minimum absolute atomic E-state index is 0.0687. The van der Waals surface area contributed by atoms with Crippen molar-refractivity contribution in [2.75, 3.05) is 0 Å². The first-order chi connectivity index (χ1) is 13.7. The van der Waals surface area contributed by atoms with Gasteiger partial charge in [0.25, 0.3) is 0 Å². The number of ether oxygens (including phenoxy) is 1. The van der Waals surface area contributed by atoms with Crippen LogP contribution in [0.3, 0.4) is 0 Å². The molecule has 0 aliphatic carbocycles. The maximum absolute atomic E-state index is 12.7. The summed E-state index contributed by atoms with van der Waals surface area (Å²) in [6, 6.07) is 15.2. The number of nitrogens with zero attached hydrogens (tertiary/aromatic N) is 1. The molecule has 0 amide bonds. The molecule has 0 spiro atoms. The van der Waals surface area contributed by atoms with Crippen molar-refractivity contribution in [3.8, 4) is 16.9 Å². The molecule has 4 rings (SSSR count). The van der Waals surface area contributed by atoms with Gasteiger partial charge in [0.1, 0.15) is 12.4 Å². The average Bonchev–Trinajstić information content (AvgIpc) is 2.76. The Kier molecular flexibility index (Phi) is 5.02. The van der Waals surface area contributed by atoms with E-state index in [2.05, 4.69) is 4.98 Å². The molecule has 2 aromatic carbocycles. The first-order valence-electron chi connectivity index (χ1n) is 9.51. The highest BCUT2D eigenvalue weighted by atomic mass is 16.5. The number of ketones is 2. The van der Waals surface area contributed by atoms with E-state index in [9.17, 15) is 9.59 Å². The molecule has 0 N–H and O–H groups in total. The van der Waals surface area contributed by atoms with Gasteiger partial charge in [-0.15, -0.1) is 0 Å². The van der Waals surface area contributed by atoms with Crippen molar-refractivity contribution in [2.24, 2.45) is 0 Å². The van der Waals surface area contributed by atoms with E-state index >= 15 is 0 Å². The van der Waals surface area contributed by atoms with Gasteiger partial charge in [-0.25, -0.2) is 0 Å². The Morgan fingerprint density at radius 2 is 1.86 bits per heavy atom. The Bertz CT molecular complexity index is 1060. The van der Waals surface area contributed by atoms with Gasteiger partial charge in [-0.2, -0.15) is 0 Å². The summed E-state index contributed by atoms with van der Waals surface area (Å²) in [5.41, 5.74) is 5.51. The Morgan fingerprint density at radius 3 is 2.71 bits per heavy atom. The van der Waals surface area contributed by atoms with E-state index in [1.54, 1.807) is 6.20 Å². The number of carbonyl (C=O) groups excluding carboxylic acids is 2. The van der Waals surface area contributed by atoms with Gasteiger partial charge in [-0.05, 0) is 41.8 Å². The number of rotatable bonds is 6. The molecule has 28 heavy (non-hydrogen) atoms. The van der Waals surface area contributed by atoms with Gasteiger partial charge in [-0.1, -0.05) is 31.2 Å². The normalized spacial score (nSPS) is 11.9. The average molecular weight is 371 g/mol. The highest BCUT2D eigenvalue weighted by molar-refractivity contribution is 5.98. The molecule has 1 aliphatic heterocycles. The number of carbonyl (C=O) groups is 2. The molecule has 140 valence electrons. The molecular weight excluding hydrogens is 350 g/mol. The second-order valence-corrected chi connectivity index (χ2v) is 6.93. The van der Waals surface area contributed by atoms with Gasteiger partial charge in [0.15, 0.2) is 11.6 Å². The van der Waals surface area contributed by atoms with E-state index < -0.39 is 0 Å². The van der Waals surface area contributed by atoms with Crippen LogP contribution in [-0.2, 0) is 13.0 Å². The fraction of sp³-hybridized carbons (Fsp3) is 0.208. The van der Waals surface area contributed by atoms with Crippen LogP contribution in [0.5, 0.6) is 5.75 Å². The van der Waals surface area contributed by atoms with Crippen molar-refractivity contribution >= 4 is 11.6 Å². The summed E-state index contributed by atoms with van der Waals surface area (Å²) in [6.07, 6.45) is 5.06. The Balaban J connectivity index is 1.49. The molecule has 0 saturated heterocycles. The number of hydrogen-bond donors (Lipinski definition) is 0. The highest BCUT2D eigenvalue weighted by Gasteiger charge is 2.19. The highest BCUT2D eigenvalue weighted by Crippen LogP contribution is 2.37. The van der Waals surface area contributed by atoms with Crippen LogP contribution in [-0.4, -0.2) is 16.6 Å². The number of hydrogen-bond acceptors (Lipinski definition) is 4. The lowest BCUT2D eigenvalue weighted by Crippen LogP contribution is -2.08. The zero-order chi connectivity index (χ0) is 19.5. The molecule has 0 fully saturated rings. The molecule has 1 aromatic heterocycles. The molecule has 0 atom stereocenters. The lowest BCUT2D eigenvalue weighted by atomic mass is 9.95. The van der Waals surface area contributed by atoms with Gasteiger partial charge in [-0.3, -0.25) is 14.6 Å². The number of fused-ring (bicyclic) bond motifs is 3. The lowest BCUT2D eigenvalue weighted by Gasteiger charge is -2.20. The number of aromatic nitrogens is 1. The zero-order valence-electron chi connectivity index (χ0n) is 15.8. The second-order valence-electron chi connectivity index (χ2n) is 6.93. The predicted octanol–water partition coefficient (Wildman–Crippen LogP) is 5.05. The largest absolute Gasteiger partial charge is 0.488 e. The Labute approximate surface area is 164 Å². The van der Waals surface area contributed by atoms with E-state index in [1.807, 2.05) is 61.7 Å². The third-order valence-corrected chi connectivity index (χ3v) is 5.09. The summed E-state index contributed by atoms with van der Waals surface area (Å²) in [5.74, 6) is 0.926. The molecule has 0 unspecified atom stereocenters. The van der Waals surface area contributed by atoms with Crippen LogP contribution in [0.15, 0.2) is 60.9 Å². The Hall–Kier alpha value is -3.27. The fourth-order valence-corrected chi connectivity index (χ4v) is 3.50. The van der Waals surface area contributed by atoms with Crippen molar-refractivity contribution < 1.29 is 14.3 Å². The van der Waals surface area contributed by atoms with Crippen LogP contribution in [0, 0.1) is 0 Å². The standard InChI is InChI=1S/C24H21NO3/c1-2-22(26)17-5-3-4-16(12-17)6-9-23(27)18-7-8-21-20-10-11-25-14-19(20)15-28-24(21)13-18/h3-5,7-8,10-14H,2,6,9,15H2,1H3. The van der Waals surface area contributed by atoms with Gasteiger partial charge in [0.2, 0.25) is 0 Å². The summed E-state index contributed by atoms with van der Waals surface area (Å²) < 4.78 is 5.83. The summed E-state index contributed by atoms with van der Waals surface area (Å²) in [5, 5.41) is 0. The number of aryl methyl sites for hydroxylation is 1. The maximum Gasteiger partial charge on any atom is 0.163 e. The monoisotopic (exact) mass is 371 g/mol. The van der Waals surface area contributed by atoms with E-state index in [0.717, 1.165) is 28.0 Å². The van der Waals surface area contributed by atoms with Crippen LogP contribution >= 0.6 is 0 Å². The minimum atomic E-state index is 0.0687. The van der Waals surface area contributed by atoms with E-state index in [0.29, 0.717) is 37.0 Å². The van der Waals surface area contributed by atoms with Crippen molar-refractivity contribution in [3.63, 3.8) is 0 Å². The van der Waals surface area contributed by atoms with Crippen LogP contribution in [0.1, 0.15) is 51.6 Å². The van der Waals surface area contributed by atoms with Crippen LogP contribution in [0.2, 0.25) is 0 Å². The third-order valence-electron chi connectivity index (χ3n) is 5.09. The van der Waals surface area contributed by atoms with Crippen LogP contribution in [0.4, 0.5) is 0 Å². The lowest BCUT2D eigenvalue weighted by molar-refractivity contribution is 0.0978. The molecule has 4 nitrogen and oxygen atoms in total. The van der Waals surface area contributed by atoms with Crippen molar-refractivity contribution in [3.05, 3.63) is 83.2 Å².